The maximum atomic E-state index is 12.9. The van der Waals surface area contributed by atoms with Gasteiger partial charge in [-0.2, -0.15) is 0 Å². The van der Waals surface area contributed by atoms with Crippen molar-refractivity contribution in [2.75, 3.05) is 41.5 Å². The predicted octanol–water partition coefficient (Wildman–Crippen LogP) is 1.81. The first-order valence-electron chi connectivity index (χ1n) is 10.3. The predicted molar refractivity (Wildman–Crippen MR) is 135 cm³/mol. The first kappa shape index (κ1) is 25.5. The van der Waals surface area contributed by atoms with E-state index < -0.39 is 27.7 Å². The zero-order chi connectivity index (χ0) is 24.7. The van der Waals surface area contributed by atoms with Crippen LogP contribution in [0.25, 0.3) is 0 Å². The Kier molecular flexibility index (Phi) is 8.51. The van der Waals surface area contributed by atoms with Crippen molar-refractivity contribution in [1.82, 2.24) is 5.32 Å². The van der Waals surface area contributed by atoms with Crippen molar-refractivity contribution in [3.05, 3.63) is 53.6 Å². The van der Waals surface area contributed by atoms with Crippen molar-refractivity contribution >= 4 is 61.6 Å². The highest BCUT2D eigenvalue weighted by Crippen LogP contribution is 2.20. The minimum atomic E-state index is -2.74. The third kappa shape index (κ3) is 7.73. The molecule has 1 fully saturated rings. The normalized spacial score (nSPS) is 16.2. The van der Waals surface area contributed by atoms with E-state index in [9.17, 15) is 18.6 Å². The summed E-state index contributed by atoms with van der Waals surface area (Å²) in [7, 11) is -2.74. The third-order valence-corrected chi connectivity index (χ3v) is 5.93. The van der Waals surface area contributed by atoms with Crippen LogP contribution < -0.4 is 26.0 Å². The van der Waals surface area contributed by atoms with Gasteiger partial charge in [-0.25, -0.2) is 4.79 Å². The molecule has 0 bridgehead atoms. The van der Waals surface area contributed by atoms with Crippen molar-refractivity contribution in [3.63, 3.8) is 0 Å². The fourth-order valence-electron chi connectivity index (χ4n) is 3.12. The molecule has 2 aromatic rings. The maximum absolute atomic E-state index is 12.9. The Hall–Kier alpha value is -3.12. The summed E-state index contributed by atoms with van der Waals surface area (Å²) in [5, 5.41) is 15.3. The van der Waals surface area contributed by atoms with Gasteiger partial charge in [0.25, 0.3) is 5.91 Å². The highest BCUT2D eigenvalue weighted by molar-refractivity contribution is 7.98. The number of hydrogen-bond donors (Lipinski definition) is 4. The van der Waals surface area contributed by atoms with Gasteiger partial charge in [-0.05, 0) is 53.9 Å². The summed E-state index contributed by atoms with van der Waals surface area (Å²) in [6.45, 7) is 0.931. The molecule has 2 aromatic carbocycles. The number of ether oxygens (including phenoxy) is 1. The van der Waals surface area contributed by atoms with Gasteiger partial charge in [0.1, 0.15) is 12.6 Å². The Morgan fingerprint density at radius 3 is 2.38 bits per heavy atom. The zero-order valence-electron chi connectivity index (χ0n) is 18.5. The Balaban J connectivity index is 1.68. The zero-order valence-corrected chi connectivity index (χ0v) is 20.0. The van der Waals surface area contributed by atoms with E-state index in [1.165, 1.54) is 11.6 Å². The number of rotatable bonds is 7. The molecule has 0 saturated carbocycles. The third-order valence-electron chi connectivity index (χ3n) is 4.82. The van der Waals surface area contributed by atoms with E-state index in [0.717, 1.165) is 0 Å². The van der Waals surface area contributed by atoms with Crippen LogP contribution in [0.5, 0.6) is 0 Å². The van der Waals surface area contributed by atoms with Gasteiger partial charge in [0.2, 0.25) is 5.91 Å². The molecule has 182 valence electrons. The first-order valence-corrected chi connectivity index (χ1v) is 12.8. The van der Waals surface area contributed by atoms with E-state index in [1.807, 2.05) is 0 Å². The molecular weight excluding hydrogens is 482 g/mol. The quantitative estimate of drug-likeness (QED) is 0.423. The maximum Gasteiger partial charge on any atom is 0.319 e. The van der Waals surface area contributed by atoms with Crippen molar-refractivity contribution in [3.8, 4) is 0 Å². The number of nitrogens with two attached hydrogens (primary N) is 1. The van der Waals surface area contributed by atoms with Crippen molar-refractivity contribution in [1.29, 1.82) is 0 Å². The van der Waals surface area contributed by atoms with Gasteiger partial charge < -0.3 is 25.6 Å². The number of nitrogens with zero attached hydrogens (tertiary/aromatic N) is 1. The highest BCUT2D eigenvalue weighted by atomic mass is 35.5. The molecule has 2 unspecified atom stereocenters. The van der Waals surface area contributed by atoms with Gasteiger partial charge in [0, 0.05) is 51.0 Å². The van der Waals surface area contributed by atoms with Crippen LogP contribution in [0, 0.1) is 0 Å². The molecular formula is C22H26ClN5O5S. The minimum absolute atomic E-state index is 0.0299. The lowest BCUT2D eigenvalue weighted by Crippen LogP contribution is -2.46. The average molecular weight is 508 g/mol. The average Bonchev–Trinajstić information content (AvgIpc) is 2.78. The van der Waals surface area contributed by atoms with Gasteiger partial charge in [-0.15, -0.1) is 0 Å². The number of hydrogen-bond acceptors (Lipinski definition) is 5. The lowest BCUT2D eigenvalue weighted by Gasteiger charge is -2.27. The van der Waals surface area contributed by atoms with Crippen molar-refractivity contribution in [2.24, 2.45) is 5.14 Å². The molecule has 2 atom stereocenters. The monoisotopic (exact) mass is 507 g/mol. The van der Waals surface area contributed by atoms with E-state index in [1.54, 1.807) is 53.4 Å². The van der Waals surface area contributed by atoms with Crippen LogP contribution in [0.15, 0.2) is 48.5 Å². The van der Waals surface area contributed by atoms with E-state index >= 15 is 0 Å². The van der Waals surface area contributed by atoms with Crippen LogP contribution in [-0.2, 0) is 24.0 Å². The number of morpholine rings is 1. The Morgan fingerprint density at radius 2 is 1.76 bits per heavy atom. The molecule has 1 saturated heterocycles. The van der Waals surface area contributed by atoms with Crippen LogP contribution in [0.2, 0.25) is 5.02 Å². The molecule has 4 amide bonds. The lowest BCUT2D eigenvalue weighted by atomic mass is 10.2. The van der Waals surface area contributed by atoms with E-state index in [0.29, 0.717) is 35.2 Å². The number of carbonyl (C=O) groups excluding carboxylic acids is 3. The van der Waals surface area contributed by atoms with E-state index in [4.69, 9.17) is 21.5 Å². The van der Waals surface area contributed by atoms with Crippen molar-refractivity contribution < 1.29 is 23.3 Å². The number of carbonyl (C=O) groups is 3. The second kappa shape index (κ2) is 11.3. The molecule has 1 aliphatic rings. The fourth-order valence-corrected chi connectivity index (χ4v) is 3.82. The van der Waals surface area contributed by atoms with Gasteiger partial charge >= 0.3 is 6.03 Å². The largest absolute Gasteiger partial charge is 0.370 e. The molecule has 0 aliphatic carbocycles. The fraction of sp³-hybridized carbons (Fsp3) is 0.273. The van der Waals surface area contributed by atoms with Gasteiger partial charge in [0.15, 0.2) is 0 Å². The number of halogens is 1. The second-order valence-electron chi connectivity index (χ2n) is 7.66. The Labute approximate surface area is 202 Å². The molecule has 12 heteroatoms. The van der Waals surface area contributed by atoms with Crippen LogP contribution in [0.4, 0.5) is 21.9 Å². The highest BCUT2D eigenvalue weighted by Gasteiger charge is 2.22. The molecule has 10 nitrogen and oxygen atoms in total. The van der Waals surface area contributed by atoms with Crippen LogP contribution >= 0.6 is 11.6 Å². The summed E-state index contributed by atoms with van der Waals surface area (Å²) in [6.07, 6.45) is 1.29. The first-order chi connectivity index (χ1) is 16.1. The van der Waals surface area contributed by atoms with Crippen LogP contribution in [0.3, 0.4) is 0 Å². The number of amides is 4. The summed E-state index contributed by atoms with van der Waals surface area (Å²) < 4.78 is 17.0. The standard InChI is InChI=1S/C22H26ClN5O5S/c1-34(24,32)13-10-19(27-22(31)26-17-4-2-15(23)3-5-17)21(30)25-16-6-8-18(9-7-16)28-11-12-33-14-20(28)29/h2-9,13,19H,10-12,14H2,1H3,(H2,24,32)(H,25,30)(H2,26,27,31). The SMILES string of the molecule is CS(N)(=O)=CCC(NC(=O)Nc1ccc(Cl)cc1)C(=O)Nc1ccc(N2CCOCC2=O)cc1. The molecule has 0 spiro atoms. The van der Waals surface area contributed by atoms with Gasteiger partial charge in [-0.1, -0.05) is 11.6 Å². The number of nitrogens with one attached hydrogen (secondary N) is 3. The Morgan fingerprint density at radius 1 is 1.15 bits per heavy atom. The van der Waals surface area contributed by atoms with E-state index in [-0.39, 0.29) is 18.9 Å². The summed E-state index contributed by atoms with van der Waals surface area (Å²) >= 11 is 5.85. The molecule has 0 aromatic heterocycles. The minimum Gasteiger partial charge on any atom is -0.370 e. The summed E-state index contributed by atoms with van der Waals surface area (Å²) in [4.78, 5) is 38.9. The van der Waals surface area contributed by atoms with Crippen LogP contribution in [0.1, 0.15) is 6.42 Å². The molecule has 1 aliphatic heterocycles. The smallest absolute Gasteiger partial charge is 0.319 e. The lowest BCUT2D eigenvalue weighted by molar-refractivity contribution is -0.125. The number of urea groups is 1. The van der Waals surface area contributed by atoms with Crippen molar-refractivity contribution in [2.45, 2.75) is 12.5 Å². The molecule has 1 heterocycles. The summed E-state index contributed by atoms with van der Waals surface area (Å²) in [6, 6.07) is 11.5. The summed E-state index contributed by atoms with van der Waals surface area (Å²) in [5.74, 6) is -0.666. The summed E-state index contributed by atoms with van der Waals surface area (Å²) in [5.41, 5.74) is 1.63. The molecule has 0 radical (unpaired) electrons. The van der Waals surface area contributed by atoms with Gasteiger partial charge in [0.05, 0.1) is 6.61 Å². The Bertz CT molecular complexity index is 1160. The van der Waals surface area contributed by atoms with E-state index in [2.05, 4.69) is 16.0 Å². The number of anilines is 3. The second-order valence-corrected chi connectivity index (χ2v) is 10.4. The van der Waals surface area contributed by atoms with Crippen LogP contribution in [-0.4, -0.2) is 59.5 Å². The molecule has 5 N–H and O–H groups in total. The molecule has 3 rings (SSSR count). The topological polar surface area (TPSA) is 143 Å². The molecule has 34 heavy (non-hydrogen) atoms. The van der Waals surface area contributed by atoms with Gasteiger partial charge in [-0.3, -0.25) is 18.9 Å². The number of benzene rings is 2.